The van der Waals surface area contributed by atoms with E-state index in [0.29, 0.717) is 5.92 Å². The highest BCUT2D eigenvalue weighted by Gasteiger charge is 2.25. The molecular formula is C14H28N4O2. The highest BCUT2D eigenvalue weighted by Crippen LogP contribution is 2.16. The molecule has 2 aliphatic heterocycles. The number of nitrogens with one attached hydrogen (secondary N) is 1. The van der Waals surface area contributed by atoms with Crippen molar-refractivity contribution >= 4 is 5.96 Å². The Balaban J connectivity index is 1.75. The van der Waals surface area contributed by atoms with Gasteiger partial charge in [0.1, 0.15) is 0 Å². The molecule has 116 valence electrons. The van der Waals surface area contributed by atoms with Crippen molar-refractivity contribution in [1.29, 1.82) is 0 Å². The molecule has 0 radical (unpaired) electrons. The molecule has 0 aromatic heterocycles. The summed E-state index contributed by atoms with van der Waals surface area (Å²) in [4.78, 5) is 9.01. The van der Waals surface area contributed by atoms with E-state index in [0.717, 1.165) is 51.9 Å². The molecule has 2 heterocycles. The van der Waals surface area contributed by atoms with Crippen molar-refractivity contribution in [2.45, 2.75) is 12.5 Å². The molecule has 0 bridgehead atoms. The predicted molar refractivity (Wildman–Crippen MR) is 80.2 cm³/mol. The minimum absolute atomic E-state index is 0.253. The molecule has 0 spiro atoms. The number of ether oxygens (including phenoxy) is 2. The van der Waals surface area contributed by atoms with Crippen LogP contribution in [0.4, 0.5) is 0 Å². The number of morpholine rings is 1. The van der Waals surface area contributed by atoms with Crippen LogP contribution in [0.25, 0.3) is 0 Å². The Bertz CT molecular complexity index is 324. The Hall–Kier alpha value is -0.850. The number of guanidine groups is 1. The summed E-state index contributed by atoms with van der Waals surface area (Å²) in [7, 11) is 5.76. The minimum Gasteiger partial charge on any atom is -0.384 e. The number of hydrogen-bond acceptors (Lipinski definition) is 4. The molecule has 1 N–H and O–H groups in total. The lowest BCUT2D eigenvalue weighted by atomic mass is 10.1. The second-order valence-corrected chi connectivity index (χ2v) is 5.74. The van der Waals surface area contributed by atoms with Crippen LogP contribution in [0.5, 0.6) is 0 Å². The molecule has 0 aromatic rings. The second-order valence-electron chi connectivity index (χ2n) is 5.74. The van der Waals surface area contributed by atoms with Crippen LogP contribution in [0, 0.1) is 5.92 Å². The highest BCUT2D eigenvalue weighted by molar-refractivity contribution is 5.80. The topological polar surface area (TPSA) is 49.3 Å². The van der Waals surface area contributed by atoms with Crippen LogP contribution in [0.1, 0.15) is 6.42 Å². The van der Waals surface area contributed by atoms with E-state index in [2.05, 4.69) is 27.2 Å². The zero-order chi connectivity index (χ0) is 14.4. The van der Waals surface area contributed by atoms with Crippen molar-refractivity contribution in [1.82, 2.24) is 15.1 Å². The lowest BCUT2D eigenvalue weighted by Crippen LogP contribution is -2.49. The van der Waals surface area contributed by atoms with Crippen molar-refractivity contribution in [2.75, 3.05) is 67.1 Å². The van der Waals surface area contributed by atoms with Crippen molar-refractivity contribution in [3.05, 3.63) is 0 Å². The Labute approximate surface area is 122 Å². The fourth-order valence-electron chi connectivity index (χ4n) is 2.92. The number of rotatable bonds is 4. The van der Waals surface area contributed by atoms with E-state index < -0.39 is 0 Å². The first kappa shape index (κ1) is 15.5. The van der Waals surface area contributed by atoms with Crippen LogP contribution >= 0.6 is 0 Å². The predicted octanol–water partition coefficient (Wildman–Crippen LogP) is -0.139. The largest absolute Gasteiger partial charge is 0.384 e. The molecule has 2 aliphatic rings. The van der Waals surface area contributed by atoms with Gasteiger partial charge in [-0.15, -0.1) is 0 Å². The molecule has 20 heavy (non-hydrogen) atoms. The van der Waals surface area contributed by atoms with E-state index in [-0.39, 0.29) is 6.10 Å². The van der Waals surface area contributed by atoms with Gasteiger partial charge < -0.3 is 24.6 Å². The van der Waals surface area contributed by atoms with E-state index in [9.17, 15) is 0 Å². The smallest absolute Gasteiger partial charge is 0.193 e. The van der Waals surface area contributed by atoms with Gasteiger partial charge in [0.2, 0.25) is 0 Å². The standard InChI is InChI=1S/C14H28N4O2/c1-15-14(18-5-4-12(9-18)11-19-3)16-8-13-10-17(2)6-7-20-13/h12-13H,4-11H2,1-3H3,(H,15,16). The fourth-order valence-corrected chi connectivity index (χ4v) is 2.92. The summed E-state index contributed by atoms with van der Waals surface area (Å²) < 4.78 is 11.0. The SMILES string of the molecule is CN=C(NCC1CN(C)CCO1)N1CCC(COC)C1. The van der Waals surface area contributed by atoms with Gasteiger partial charge in [0.05, 0.1) is 19.3 Å². The Morgan fingerprint density at radius 2 is 2.25 bits per heavy atom. The van der Waals surface area contributed by atoms with Crippen molar-refractivity contribution in [3.8, 4) is 0 Å². The van der Waals surface area contributed by atoms with Gasteiger partial charge in [0.25, 0.3) is 0 Å². The maximum Gasteiger partial charge on any atom is 0.193 e. The number of likely N-dealkylation sites (N-methyl/N-ethyl adjacent to an activating group) is 1. The second kappa shape index (κ2) is 7.81. The molecule has 0 saturated carbocycles. The van der Waals surface area contributed by atoms with Gasteiger partial charge >= 0.3 is 0 Å². The van der Waals surface area contributed by atoms with E-state index in [1.165, 1.54) is 6.42 Å². The Kier molecular flexibility index (Phi) is 6.06. The minimum atomic E-state index is 0.253. The van der Waals surface area contributed by atoms with Gasteiger partial charge in [-0.3, -0.25) is 4.99 Å². The third-order valence-electron chi connectivity index (χ3n) is 4.03. The Morgan fingerprint density at radius 1 is 1.40 bits per heavy atom. The highest BCUT2D eigenvalue weighted by atomic mass is 16.5. The van der Waals surface area contributed by atoms with Crippen molar-refractivity contribution in [2.24, 2.45) is 10.9 Å². The van der Waals surface area contributed by atoms with E-state index >= 15 is 0 Å². The van der Waals surface area contributed by atoms with Crippen LogP contribution in [-0.2, 0) is 9.47 Å². The van der Waals surface area contributed by atoms with Gasteiger partial charge in [0.15, 0.2) is 5.96 Å². The summed E-state index contributed by atoms with van der Waals surface area (Å²) in [5, 5.41) is 3.45. The van der Waals surface area contributed by atoms with Gasteiger partial charge in [0, 0.05) is 52.8 Å². The molecule has 2 atom stereocenters. The number of nitrogens with zero attached hydrogens (tertiary/aromatic N) is 3. The molecule has 2 unspecified atom stereocenters. The first-order chi connectivity index (χ1) is 9.72. The van der Waals surface area contributed by atoms with Gasteiger partial charge in [-0.25, -0.2) is 0 Å². The first-order valence-corrected chi connectivity index (χ1v) is 7.47. The summed E-state index contributed by atoms with van der Waals surface area (Å²) in [6.45, 7) is 6.57. The lowest BCUT2D eigenvalue weighted by Gasteiger charge is -2.31. The van der Waals surface area contributed by atoms with Crippen molar-refractivity contribution in [3.63, 3.8) is 0 Å². The molecule has 0 aromatic carbocycles. The molecular weight excluding hydrogens is 256 g/mol. The average Bonchev–Trinajstić information content (AvgIpc) is 2.89. The maximum atomic E-state index is 5.77. The van der Waals surface area contributed by atoms with Crippen LogP contribution < -0.4 is 5.32 Å². The van der Waals surface area contributed by atoms with Gasteiger partial charge in [-0.1, -0.05) is 0 Å². The maximum absolute atomic E-state index is 5.77. The van der Waals surface area contributed by atoms with Crippen molar-refractivity contribution < 1.29 is 9.47 Å². The molecule has 2 saturated heterocycles. The zero-order valence-electron chi connectivity index (χ0n) is 13.0. The van der Waals surface area contributed by atoms with Gasteiger partial charge in [-0.05, 0) is 13.5 Å². The average molecular weight is 284 g/mol. The van der Waals surface area contributed by atoms with Gasteiger partial charge in [-0.2, -0.15) is 0 Å². The number of aliphatic imine (C=N–C) groups is 1. The third kappa shape index (κ3) is 4.33. The van der Waals surface area contributed by atoms with E-state index in [1.54, 1.807) is 7.11 Å². The molecule has 6 heteroatoms. The van der Waals surface area contributed by atoms with Crippen LogP contribution in [0.3, 0.4) is 0 Å². The lowest BCUT2D eigenvalue weighted by molar-refractivity contribution is -0.0163. The monoisotopic (exact) mass is 284 g/mol. The summed E-state index contributed by atoms with van der Waals surface area (Å²) in [6.07, 6.45) is 1.43. The number of likely N-dealkylation sites (tertiary alicyclic amines) is 1. The molecule has 0 amide bonds. The van der Waals surface area contributed by atoms with E-state index in [1.807, 2.05) is 7.05 Å². The number of hydrogen-bond donors (Lipinski definition) is 1. The molecule has 2 fully saturated rings. The normalized spacial score (nSPS) is 28.9. The quantitative estimate of drug-likeness (QED) is 0.575. The first-order valence-electron chi connectivity index (χ1n) is 7.47. The Morgan fingerprint density at radius 3 is 2.95 bits per heavy atom. The summed E-state index contributed by atoms with van der Waals surface area (Å²) in [5.41, 5.74) is 0. The molecule has 0 aliphatic carbocycles. The van der Waals surface area contributed by atoms with E-state index in [4.69, 9.17) is 9.47 Å². The molecule has 2 rings (SSSR count). The van der Waals surface area contributed by atoms with Crippen LogP contribution in [0.15, 0.2) is 4.99 Å². The summed E-state index contributed by atoms with van der Waals surface area (Å²) in [6, 6.07) is 0. The zero-order valence-corrected chi connectivity index (χ0v) is 13.0. The van der Waals surface area contributed by atoms with Crippen LogP contribution in [0.2, 0.25) is 0 Å². The number of methoxy groups -OCH3 is 1. The van der Waals surface area contributed by atoms with Crippen LogP contribution in [-0.4, -0.2) is 89.0 Å². The summed E-state index contributed by atoms with van der Waals surface area (Å²) >= 11 is 0. The molecule has 6 nitrogen and oxygen atoms in total. The summed E-state index contributed by atoms with van der Waals surface area (Å²) in [5.74, 6) is 1.61. The third-order valence-corrected chi connectivity index (χ3v) is 4.03. The fraction of sp³-hybridized carbons (Fsp3) is 0.929.